The lowest BCUT2D eigenvalue weighted by molar-refractivity contribution is 0.275. The molecule has 0 spiro atoms. The fraction of sp³-hybridized carbons (Fsp3) is 0.308. The third-order valence-electron chi connectivity index (χ3n) is 2.83. The molecule has 0 atom stereocenters. The largest absolute Gasteiger partial charge is 0.473 e. The van der Waals surface area contributed by atoms with E-state index in [4.69, 9.17) is 4.74 Å². The molecule has 0 N–H and O–H groups in total. The van der Waals surface area contributed by atoms with Crippen LogP contribution in [-0.4, -0.2) is 9.78 Å². The summed E-state index contributed by atoms with van der Waals surface area (Å²) in [6, 6.07) is 4.55. The van der Waals surface area contributed by atoms with E-state index < -0.39 is 0 Å². The minimum absolute atomic E-state index is 0.269. The van der Waals surface area contributed by atoms with Gasteiger partial charge < -0.3 is 4.74 Å². The Morgan fingerprint density at radius 2 is 2.11 bits per heavy atom. The third-order valence-corrected chi connectivity index (χ3v) is 3.60. The van der Waals surface area contributed by atoms with E-state index in [1.54, 1.807) is 10.7 Å². The Bertz CT molecular complexity index is 581. The van der Waals surface area contributed by atoms with Gasteiger partial charge in [-0.3, -0.25) is 0 Å². The highest BCUT2D eigenvalue weighted by atomic mass is 79.9. The lowest BCUT2D eigenvalue weighted by Crippen LogP contribution is -2.02. The molecule has 0 aliphatic carbocycles. The summed E-state index contributed by atoms with van der Waals surface area (Å²) in [4.78, 5) is 0. The number of aryl methyl sites for hydroxylation is 2. The van der Waals surface area contributed by atoms with Crippen molar-refractivity contribution < 1.29 is 9.13 Å². The lowest BCUT2D eigenvalue weighted by Gasteiger charge is -2.09. The van der Waals surface area contributed by atoms with Crippen molar-refractivity contribution in [2.24, 2.45) is 7.05 Å². The molecule has 0 saturated heterocycles. The number of halogens is 2. The lowest BCUT2D eigenvalue weighted by atomic mass is 10.2. The van der Waals surface area contributed by atoms with Crippen molar-refractivity contribution in [3.63, 3.8) is 0 Å². The summed E-state index contributed by atoms with van der Waals surface area (Å²) in [5.74, 6) is 0.443. The Labute approximate surface area is 114 Å². The van der Waals surface area contributed by atoms with E-state index in [9.17, 15) is 4.39 Å². The first-order valence-corrected chi connectivity index (χ1v) is 6.35. The van der Waals surface area contributed by atoms with E-state index in [1.165, 1.54) is 12.1 Å². The van der Waals surface area contributed by atoms with Gasteiger partial charge in [0.1, 0.15) is 12.4 Å². The van der Waals surface area contributed by atoms with Crippen molar-refractivity contribution in [1.29, 1.82) is 0 Å². The van der Waals surface area contributed by atoms with Crippen LogP contribution in [0.5, 0.6) is 5.88 Å². The second-order valence-corrected chi connectivity index (χ2v) is 5.02. The molecule has 0 aliphatic heterocycles. The second-order valence-electron chi connectivity index (χ2n) is 4.16. The zero-order valence-electron chi connectivity index (χ0n) is 10.5. The number of nitrogens with zero attached hydrogens (tertiary/aromatic N) is 2. The van der Waals surface area contributed by atoms with E-state index in [2.05, 4.69) is 21.0 Å². The zero-order valence-corrected chi connectivity index (χ0v) is 12.1. The Balaban J connectivity index is 2.19. The third kappa shape index (κ3) is 2.56. The van der Waals surface area contributed by atoms with Crippen LogP contribution >= 0.6 is 15.9 Å². The summed E-state index contributed by atoms with van der Waals surface area (Å²) in [6.45, 7) is 4.19. The van der Waals surface area contributed by atoms with Crippen LogP contribution in [-0.2, 0) is 13.7 Å². The van der Waals surface area contributed by atoms with Gasteiger partial charge in [-0.2, -0.15) is 5.10 Å². The first kappa shape index (κ1) is 13.1. The second kappa shape index (κ2) is 5.10. The van der Waals surface area contributed by atoms with Gasteiger partial charge in [-0.1, -0.05) is 15.9 Å². The summed E-state index contributed by atoms with van der Waals surface area (Å²) in [6.07, 6.45) is 0. The molecule has 1 aromatic carbocycles. The quantitative estimate of drug-likeness (QED) is 0.867. The molecule has 18 heavy (non-hydrogen) atoms. The van der Waals surface area contributed by atoms with Crippen molar-refractivity contribution in [3.8, 4) is 5.88 Å². The van der Waals surface area contributed by atoms with Crippen molar-refractivity contribution in [3.05, 3.63) is 45.3 Å². The van der Waals surface area contributed by atoms with Crippen LogP contribution in [0.25, 0.3) is 0 Å². The summed E-state index contributed by atoms with van der Waals surface area (Å²) >= 11 is 3.38. The van der Waals surface area contributed by atoms with Crippen molar-refractivity contribution >= 4 is 15.9 Å². The number of ether oxygens (including phenoxy) is 1. The number of hydrogen-bond acceptors (Lipinski definition) is 2. The van der Waals surface area contributed by atoms with E-state index >= 15 is 0 Å². The summed E-state index contributed by atoms with van der Waals surface area (Å²) in [5.41, 5.74) is 2.71. The summed E-state index contributed by atoms with van der Waals surface area (Å²) in [5, 5.41) is 4.27. The van der Waals surface area contributed by atoms with Crippen LogP contribution in [0.4, 0.5) is 4.39 Å². The molecule has 0 bridgehead atoms. The van der Waals surface area contributed by atoms with Gasteiger partial charge in [0, 0.05) is 22.6 Å². The topological polar surface area (TPSA) is 27.1 Å². The van der Waals surface area contributed by atoms with Gasteiger partial charge in [0.25, 0.3) is 0 Å². The molecule has 1 aromatic heterocycles. The van der Waals surface area contributed by atoms with E-state index in [0.29, 0.717) is 12.5 Å². The van der Waals surface area contributed by atoms with E-state index in [-0.39, 0.29) is 5.82 Å². The normalized spacial score (nSPS) is 10.7. The molecule has 2 rings (SSSR count). The van der Waals surface area contributed by atoms with Gasteiger partial charge in [-0.15, -0.1) is 0 Å². The van der Waals surface area contributed by atoms with Gasteiger partial charge in [-0.05, 0) is 32.0 Å². The smallest absolute Gasteiger partial charge is 0.215 e. The SMILES string of the molecule is Cc1nn(C)c(OCc2cc(F)ccc2Br)c1C. The molecule has 3 nitrogen and oxygen atoms in total. The highest BCUT2D eigenvalue weighted by Gasteiger charge is 2.11. The van der Waals surface area contributed by atoms with Crippen LogP contribution in [0.2, 0.25) is 0 Å². The average molecular weight is 313 g/mol. The fourth-order valence-corrected chi connectivity index (χ4v) is 2.11. The molecule has 0 aliphatic rings. The molecule has 0 fully saturated rings. The first-order valence-electron chi connectivity index (χ1n) is 5.56. The summed E-state index contributed by atoms with van der Waals surface area (Å²) < 4.78 is 21.4. The minimum atomic E-state index is -0.269. The van der Waals surface area contributed by atoms with Gasteiger partial charge >= 0.3 is 0 Å². The molecule has 0 radical (unpaired) electrons. The fourth-order valence-electron chi connectivity index (χ4n) is 1.74. The Morgan fingerprint density at radius 3 is 2.72 bits per heavy atom. The minimum Gasteiger partial charge on any atom is -0.473 e. The predicted molar refractivity (Wildman–Crippen MR) is 71.1 cm³/mol. The van der Waals surface area contributed by atoms with Crippen molar-refractivity contribution in [2.45, 2.75) is 20.5 Å². The van der Waals surface area contributed by atoms with E-state index in [1.807, 2.05) is 20.9 Å². The first-order chi connectivity index (χ1) is 8.49. The van der Waals surface area contributed by atoms with Crippen LogP contribution in [0, 0.1) is 19.7 Å². The standard InChI is InChI=1S/C13H14BrFN2O/c1-8-9(2)16-17(3)13(8)18-7-10-6-11(15)4-5-12(10)14/h4-6H,7H2,1-3H3. The molecule has 0 unspecified atom stereocenters. The highest BCUT2D eigenvalue weighted by Crippen LogP contribution is 2.23. The van der Waals surface area contributed by atoms with Gasteiger partial charge in [-0.25, -0.2) is 9.07 Å². The molecule has 2 aromatic rings. The molecule has 96 valence electrons. The highest BCUT2D eigenvalue weighted by molar-refractivity contribution is 9.10. The molecule has 0 amide bonds. The number of hydrogen-bond donors (Lipinski definition) is 0. The monoisotopic (exact) mass is 312 g/mol. The Hall–Kier alpha value is -1.36. The molecular weight excluding hydrogens is 299 g/mol. The number of benzene rings is 1. The van der Waals surface area contributed by atoms with Gasteiger partial charge in [0.15, 0.2) is 0 Å². The van der Waals surface area contributed by atoms with Gasteiger partial charge in [0.2, 0.25) is 5.88 Å². The molecule has 5 heteroatoms. The maximum Gasteiger partial charge on any atom is 0.215 e. The average Bonchev–Trinajstić information content (AvgIpc) is 2.55. The predicted octanol–water partition coefficient (Wildman–Crippen LogP) is 3.52. The van der Waals surface area contributed by atoms with Crippen LogP contribution in [0.1, 0.15) is 16.8 Å². The van der Waals surface area contributed by atoms with Crippen molar-refractivity contribution in [2.75, 3.05) is 0 Å². The molecule has 1 heterocycles. The molecule has 0 saturated carbocycles. The number of aromatic nitrogens is 2. The molecular formula is C13H14BrFN2O. The zero-order chi connectivity index (χ0) is 13.3. The Morgan fingerprint density at radius 1 is 1.39 bits per heavy atom. The Kier molecular flexibility index (Phi) is 3.71. The number of rotatable bonds is 3. The maximum atomic E-state index is 13.1. The van der Waals surface area contributed by atoms with Crippen LogP contribution in [0.3, 0.4) is 0 Å². The maximum absolute atomic E-state index is 13.1. The summed E-state index contributed by atoms with van der Waals surface area (Å²) in [7, 11) is 1.83. The van der Waals surface area contributed by atoms with Crippen molar-refractivity contribution in [1.82, 2.24) is 9.78 Å². The van der Waals surface area contributed by atoms with Gasteiger partial charge in [0.05, 0.1) is 5.69 Å². The van der Waals surface area contributed by atoms with E-state index in [0.717, 1.165) is 21.3 Å². The van der Waals surface area contributed by atoms with Crippen LogP contribution in [0.15, 0.2) is 22.7 Å². The van der Waals surface area contributed by atoms with Crippen LogP contribution < -0.4 is 4.74 Å².